The van der Waals surface area contributed by atoms with Gasteiger partial charge in [0, 0.05) is 25.8 Å². The molecule has 0 heterocycles. The van der Waals surface area contributed by atoms with Gasteiger partial charge in [-0.1, -0.05) is 31.9 Å². The number of nitrogens with one attached hydrogen (secondary N) is 1. The van der Waals surface area contributed by atoms with Crippen LogP contribution in [0, 0.1) is 11.8 Å². The summed E-state index contributed by atoms with van der Waals surface area (Å²) in [4.78, 5) is 2.14. The molecule has 0 spiro atoms. The largest absolute Gasteiger partial charge is 0.378 e. The van der Waals surface area contributed by atoms with E-state index >= 15 is 0 Å². The zero-order valence-electron chi connectivity index (χ0n) is 13.5. The fraction of sp³-hybridized carbons (Fsp3) is 0.667. The Hall–Kier alpha value is -1.02. The number of hydrogen-bond acceptors (Lipinski definition) is 2. The van der Waals surface area contributed by atoms with E-state index in [2.05, 4.69) is 62.4 Å². The van der Waals surface area contributed by atoms with E-state index in [1.54, 1.807) is 0 Å². The van der Waals surface area contributed by atoms with Crippen molar-refractivity contribution in [1.82, 2.24) is 5.32 Å². The maximum absolute atomic E-state index is 3.72. The van der Waals surface area contributed by atoms with E-state index < -0.39 is 0 Å². The lowest BCUT2D eigenvalue weighted by atomic mass is 9.82. The second-order valence-corrected chi connectivity index (χ2v) is 6.75. The van der Waals surface area contributed by atoms with Gasteiger partial charge in [-0.3, -0.25) is 0 Å². The highest BCUT2D eigenvalue weighted by Crippen LogP contribution is 2.28. The third-order valence-electron chi connectivity index (χ3n) is 4.67. The van der Waals surface area contributed by atoms with Crippen molar-refractivity contribution in [3.8, 4) is 0 Å². The van der Waals surface area contributed by atoms with Gasteiger partial charge in [0.1, 0.15) is 0 Å². The molecule has 1 aliphatic rings. The van der Waals surface area contributed by atoms with Gasteiger partial charge in [0.25, 0.3) is 0 Å². The van der Waals surface area contributed by atoms with Crippen LogP contribution in [0.25, 0.3) is 0 Å². The SMILES string of the molecule is CC1CCCC(CNC(C)c2ccc(N(C)C)cc2)C1. The first-order valence-corrected chi connectivity index (χ1v) is 8.07. The van der Waals surface area contributed by atoms with Gasteiger partial charge in [-0.25, -0.2) is 0 Å². The molecular weight excluding hydrogens is 244 g/mol. The molecule has 2 nitrogen and oxygen atoms in total. The first kappa shape index (κ1) is 15.4. The molecule has 3 unspecified atom stereocenters. The predicted octanol–water partition coefficient (Wildman–Crippen LogP) is 4.23. The quantitative estimate of drug-likeness (QED) is 0.864. The van der Waals surface area contributed by atoms with Crippen molar-refractivity contribution in [1.29, 1.82) is 0 Å². The highest BCUT2D eigenvalue weighted by atomic mass is 15.1. The second kappa shape index (κ2) is 7.12. The van der Waals surface area contributed by atoms with Crippen LogP contribution in [0.2, 0.25) is 0 Å². The molecule has 2 heteroatoms. The summed E-state index contributed by atoms with van der Waals surface area (Å²) in [5, 5.41) is 3.72. The lowest BCUT2D eigenvalue weighted by Crippen LogP contribution is -2.28. The first-order valence-electron chi connectivity index (χ1n) is 8.07. The predicted molar refractivity (Wildman–Crippen MR) is 88.3 cm³/mol. The van der Waals surface area contributed by atoms with Crippen molar-refractivity contribution in [3.63, 3.8) is 0 Å². The number of nitrogens with zero attached hydrogens (tertiary/aromatic N) is 1. The van der Waals surface area contributed by atoms with E-state index in [0.29, 0.717) is 6.04 Å². The van der Waals surface area contributed by atoms with Gasteiger partial charge in [-0.05, 0) is 55.8 Å². The van der Waals surface area contributed by atoms with E-state index in [-0.39, 0.29) is 0 Å². The molecule has 1 fully saturated rings. The van der Waals surface area contributed by atoms with Crippen molar-refractivity contribution in [2.75, 3.05) is 25.5 Å². The van der Waals surface area contributed by atoms with E-state index in [4.69, 9.17) is 0 Å². The van der Waals surface area contributed by atoms with Crippen molar-refractivity contribution >= 4 is 5.69 Å². The molecule has 1 N–H and O–H groups in total. The summed E-state index contributed by atoms with van der Waals surface area (Å²) >= 11 is 0. The Morgan fingerprint density at radius 2 is 1.90 bits per heavy atom. The summed E-state index contributed by atoms with van der Waals surface area (Å²) in [6, 6.07) is 9.35. The fourth-order valence-corrected chi connectivity index (χ4v) is 3.27. The molecule has 3 atom stereocenters. The first-order chi connectivity index (χ1) is 9.56. The topological polar surface area (TPSA) is 15.3 Å². The van der Waals surface area contributed by atoms with E-state index in [0.717, 1.165) is 11.8 Å². The highest BCUT2D eigenvalue weighted by molar-refractivity contribution is 5.46. The summed E-state index contributed by atoms with van der Waals surface area (Å²) in [7, 11) is 4.17. The van der Waals surface area contributed by atoms with E-state index in [1.807, 2.05) is 0 Å². The summed E-state index contributed by atoms with van der Waals surface area (Å²) < 4.78 is 0. The Morgan fingerprint density at radius 3 is 2.50 bits per heavy atom. The lowest BCUT2D eigenvalue weighted by Gasteiger charge is -2.28. The second-order valence-electron chi connectivity index (χ2n) is 6.75. The Balaban J connectivity index is 1.83. The van der Waals surface area contributed by atoms with Gasteiger partial charge >= 0.3 is 0 Å². The summed E-state index contributed by atoms with van der Waals surface area (Å²) in [5.74, 6) is 1.80. The molecule has 1 aromatic carbocycles. The van der Waals surface area contributed by atoms with Crippen LogP contribution in [0.5, 0.6) is 0 Å². The molecule has 0 aromatic heterocycles. The Kier molecular flexibility index (Phi) is 5.47. The summed E-state index contributed by atoms with van der Waals surface area (Å²) in [5.41, 5.74) is 2.65. The highest BCUT2D eigenvalue weighted by Gasteiger charge is 2.19. The minimum absolute atomic E-state index is 0.448. The lowest BCUT2D eigenvalue weighted by molar-refractivity contribution is 0.268. The minimum Gasteiger partial charge on any atom is -0.378 e. The molecular formula is C18H30N2. The van der Waals surface area contributed by atoms with Crippen molar-refractivity contribution < 1.29 is 0 Å². The Bertz CT molecular complexity index is 396. The average Bonchev–Trinajstić information content (AvgIpc) is 2.45. The third-order valence-corrected chi connectivity index (χ3v) is 4.67. The van der Waals surface area contributed by atoms with Gasteiger partial charge in [0.15, 0.2) is 0 Å². The molecule has 1 aliphatic carbocycles. The summed E-state index contributed by atoms with van der Waals surface area (Å²) in [6.07, 6.45) is 5.65. The monoisotopic (exact) mass is 274 g/mol. The fourth-order valence-electron chi connectivity index (χ4n) is 3.27. The van der Waals surface area contributed by atoms with Crippen LogP contribution >= 0.6 is 0 Å². The van der Waals surface area contributed by atoms with Gasteiger partial charge < -0.3 is 10.2 Å². The van der Waals surface area contributed by atoms with E-state index in [9.17, 15) is 0 Å². The number of rotatable bonds is 5. The third kappa shape index (κ3) is 4.24. The van der Waals surface area contributed by atoms with Crippen LogP contribution in [0.3, 0.4) is 0 Å². The summed E-state index contributed by atoms with van der Waals surface area (Å²) in [6.45, 7) is 5.84. The van der Waals surface area contributed by atoms with Gasteiger partial charge in [-0.15, -0.1) is 0 Å². The molecule has 2 rings (SSSR count). The van der Waals surface area contributed by atoms with Crippen LogP contribution in [0.15, 0.2) is 24.3 Å². The molecule has 1 aromatic rings. The molecule has 1 saturated carbocycles. The average molecular weight is 274 g/mol. The van der Waals surface area contributed by atoms with Crippen LogP contribution < -0.4 is 10.2 Å². The van der Waals surface area contributed by atoms with Crippen molar-refractivity contribution in [2.24, 2.45) is 11.8 Å². The van der Waals surface area contributed by atoms with Crippen molar-refractivity contribution in [2.45, 2.75) is 45.6 Å². The van der Waals surface area contributed by atoms with E-state index in [1.165, 1.54) is 43.5 Å². The molecule has 0 radical (unpaired) electrons. The Morgan fingerprint density at radius 1 is 1.20 bits per heavy atom. The smallest absolute Gasteiger partial charge is 0.0361 e. The Labute approximate surface area is 124 Å². The van der Waals surface area contributed by atoms with Crippen LogP contribution in [-0.4, -0.2) is 20.6 Å². The van der Waals surface area contributed by atoms with Gasteiger partial charge in [-0.2, -0.15) is 0 Å². The van der Waals surface area contributed by atoms with Crippen molar-refractivity contribution in [3.05, 3.63) is 29.8 Å². The molecule has 112 valence electrons. The standard InChI is InChI=1S/C18H30N2/c1-14-6-5-7-16(12-14)13-19-15(2)17-8-10-18(11-9-17)20(3)4/h8-11,14-16,19H,5-7,12-13H2,1-4H3. The number of hydrogen-bond donors (Lipinski definition) is 1. The minimum atomic E-state index is 0.448. The molecule has 20 heavy (non-hydrogen) atoms. The number of anilines is 1. The number of benzene rings is 1. The van der Waals surface area contributed by atoms with Crippen LogP contribution in [0.4, 0.5) is 5.69 Å². The maximum atomic E-state index is 3.72. The maximum Gasteiger partial charge on any atom is 0.0361 e. The molecule has 0 aliphatic heterocycles. The molecule has 0 bridgehead atoms. The normalized spacial score (nSPS) is 24.4. The zero-order valence-corrected chi connectivity index (χ0v) is 13.5. The van der Waals surface area contributed by atoms with Gasteiger partial charge in [0.2, 0.25) is 0 Å². The molecule has 0 amide bonds. The zero-order chi connectivity index (χ0) is 14.5. The molecule has 0 saturated heterocycles. The van der Waals surface area contributed by atoms with Crippen LogP contribution in [0.1, 0.15) is 51.1 Å². The van der Waals surface area contributed by atoms with Gasteiger partial charge in [0.05, 0.1) is 0 Å². The van der Waals surface area contributed by atoms with Crippen LogP contribution in [-0.2, 0) is 0 Å².